The first kappa shape index (κ1) is 16.8. The van der Waals surface area contributed by atoms with Gasteiger partial charge in [0.1, 0.15) is 0 Å². The zero-order valence-corrected chi connectivity index (χ0v) is 12.9. The second-order valence-electron chi connectivity index (χ2n) is 3.09. The molecule has 0 nitrogen and oxygen atoms in total. The van der Waals surface area contributed by atoms with Crippen molar-refractivity contribution in [1.29, 1.82) is 0 Å². The van der Waals surface area contributed by atoms with Crippen LogP contribution in [0.25, 0.3) is 0 Å². The Bertz CT molecular complexity index is 247. The van der Waals surface area contributed by atoms with Crippen molar-refractivity contribution < 1.29 is 50.7 Å². The van der Waals surface area contributed by atoms with Crippen molar-refractivity contribution in [2.45, 2.75) is 19.3 Å². The van der Waals surface area contributed by atoms with Gasteiger partial charge in [-0.05, 0) is 19.3 Å². The van der Waals surface area contributed by atoms with Crippen LogP contribution in [0.4, 0.5) is 0 Å². The third-order valence-electron chi connectivity index (χ3n) is 2.15. The zero-order valence-electron chi connectivity index (χ0n) is 7.84. The van der Waals surface area contributed by atoms with E-state index >= 15 is 0 Å². The Balaban J connectivity index is 0. The summed E-state index contributed by atoms with van der Waals surface area (Å²) in [5.41, 5.74) is 3.11. The molecule has 0 atom stereocenters. The van der Waals surface area contributed by atoms with Gasteiger partial charge in [-0.1, -0.05) is 47.6 Å². The largest absolute Gasteiger partial charge is 1.00 e. The van der Waals surface area contributed by atoms with Gasteiger partial charge in [-0.3, -0.25) is 0 Å². The van der Waals surface area contributed by atoms with E-state index in [-0.39, 0.29) is 50.7 Å². The fourth-order valence-electron chi connectivity index (χ4n) is 1.54. The first-order valence-electron chi connectivity index (χ1n) is 4.14. The van der Waals surface area contributed by atoms with Gasteiger partial charge in [0.25, 0.3) is 0 Å². The van der Waals surface area contributed by atoms with Crippen LogP contribution in [0.2, 0.25) is 0 Å². The maximum atomic E-state index is 2.24. The predicted molar refractivity (Wildman–Crippen MR) is 48.3 cm³/mol. The van der Waals surface area contributed by atoms with E-state index in [9.17, 15) is 0 Å². The van der Waals surface area contributed by atoms with Crippen LogP contribution >= 0.6 is 0 Å². The van der Waals surface area contributed by atoms with E-state index in [1.54, 1.807) is 11.1 Å². The van der Waals surface area contributed by atoms with Crippen LogP contribution in [0.15, 0.2) is 47.6 Å². The average molecular weight is 394 g/mol. The molecule has 0 aromatic rings. The number of rotatable bonds is 2. The van der Waals surface area contributed by atoms with Gasteiger partial charge in [-0.25, -0.2) is 0 Å². The van der Waals surface area contributed by atoms with Crippen LogP contribution in [0.1, 0.15) is 19.3 Å². The molecule has 3 heteroatoms. The molecule has 2 rings (SSSR count). The molecule has 0 aromatic heterocycles. The van der Waals surface area contributed by atoms with E-state index in [0.717, 1.165) is 12.8 Å². The van der Waals surface area contributed by atoms with E-state index in [1.807, 2.05) is 0 Å². The Morgan fingerprint density at radius 2 is 1.29 bits per heavy atom. The summed E-state index contributed by atoms with van der Waals surface area (Å²) in [5, 5.41) is 0. The second kappa shape index (κ2) is 8.70. The standard InChI is InChI=1S/C11H12.2ClH.Hf/c1-2-6-10(5-1)9-11-7-3-4-8-11;;;/h1-5,7H,6,8-9H2;2*1H;/p-2. The van der Waals surface area contributed by atoms with Crippen LogP contribution in [0.3, 0.4) is 0 Å². The van der Waals surface area contributed by atoms with Gasteiger partial charge in [-0.15, -0.1) is 0 Å². The van der Waals surface area contributed by atoms with Crippen LogP contribution in [-0.2, 0) is 25.8 Å². The van der Waals surface area contributed by atoms with Gasteiger partial charge in [0, 0.05) is 25.8 Å². The Kier molecular flexibility index (Phi) is 10.5. The van der Waals surface area contributed by atoms with Gasteiger partial charge in [0.2, 0.25) is 0 Å². The fourth-order valence-corrected chi connectivity index (χ4v) is 1.54. The molecule has 2 aliphatic rings. The maximum Gasteiger partial charge on any atom is 0 e. The predicted octanol–water partition coefficient (Wildman–Crippen LogP) is -2.85. The van der Waals surface area contributed by atoms with Gasteiger partial charge >= 0.3 is 0 Å². The molecule has 0 unspecified atom stereocenters. The van der Waals surface area contributed by atoms with Crippen molar-refractivity contribution >= 4 is 0 Å². The third kappa shape index (κ3) is 4.77. The molecule has 0 radical (unpaired) electrons. The minimum absolute atomic E-state index is 0. The molecule has 0 saturated heterocycles. The van der Waals surface area contributed by atoms with Crippen molar-refractivity contribution in [2.24, 2.45) is 0 Å². The minimum atomic E-state index is 0. The summed E-state index contributed by atoms with van der Waals surface area (Å²) in [6.45, 7) is 0. The monoisotopic (exact) mass is 394 g/mol. The molecule has 0 bridgehead atoms. The first-order valence-corrected chi connectivity index (χ1v) is 4.14. The van der Waals surface area contributed by atoms with Gasteiger partial charge < -0.3 is 24.8 Å². The van der Waals surface area contributed by atoms with Crippen molar-refractivity contribution in [3.8, 4) is 0 Å². The molecule has 0 heterocycles. The van der Waals surface area contributed by atoms with Crippen molar-refractivity contribution in [2.75, 3.05) is 0 Å². The number of hydrogen-bond acceptors (Lipinski definition) is 0. The molecule has 0 N–H and O–H groups in total. The average Bonchev–Trinajstić information content (AvgIpc) is 2.60. The Labute approximate surface area is 117 Å². The van der Waals surface area contributed by atoms with E-state index in [0.29, 0.717) is 0 Å². The van der Waals surface area contributed by atoms with E-state index < -0.39 is 0 Å². The zero-order chi connectivity index (χ0) is 7.52. The van der Waals surface area contributed by atoms with E-state index in [4.69, 9.17) is 0 Å². The van der Waals surface area contributed by atoms with Crippen molar-refractivity contribution in [3.05, 3.63) is 47.6 Å². The number of hydrogen-bond donors (Lipinski definition) is 0. The molecule has 2 aliphatic carbocycles. The maximum absolute atomic E-state index is 2.24. The first-order chi connectivity index (χ1) is 5.45. The molecule has 0 saturated carbocycles. The second-order valence-corrected chi connectivity index (χ2v) is 3.09. The van der Waals surface area contributed by atoms with Gasteiger partial charge in [-0.2, -0.15) is 0 Å². The molecule has 0 aromatic carbocycles. The molecule has 76 valence electrons. The summed E-state index contributed by atoms with van der Waals surface area (Å²) in [4.78, 5) is 0. The molecule has 14 heavy (non-hydrogen) atoms. The summed E-state index contributed by atoms with van der Waals surface area (Å²) in [5.74, 6) is 0. The van der Waals surface area contributed by atoms with Crippen molar-refractivity contribution in [1.82, 2.24) is 0 Å². The summed E-state index contributed by atoms with van der Waals surface area (Å²) in [7, 11) is 0. The molecular formula is C11H12Cl2Hf-2. The van der Waals surface area contributed by atoms with E-state index in [1.165, 1.54) is 6.42 Å². The van der Waals surface area contributed by atoms with Crippen LogP contribution < -0.4 is 24.8 Å². The molecule has 0 fully saturated rings. The Hall–Kier alpha value is 0.410. The Morgan fingerprint density at radius 1 is 0.857 bits per heavy atom. The number of halogens is 2. The van der Waals surface area contributed by atoms with Gasteiger partial charge in [0.05, 0.1) is 0 Å². The molecular weight excluding hydrogens is 382 g/mol. The molecule has 0 aliphatic heterocycles. The number of allylic oxidation sites excluding steroid dienone is 8. The van der Waals surface area contributed by atoms with Crippen LogP contribution in [0, 0.1) is 0 Å². The summed E-state index contributed by atoms with van der Waals surface area (Å²) in [6.07, 6.45) is 16.7. The SMILES string of the molecule is C1=CCC(CC2=CC=CC2)=C1.[Cl-].[Cl-].[Hf]. The van der Waals surface area contributed by atoms with E-state index in [2.05, 4.69) is 36.5 Å². The van der Waals surface area contributed by atoms with Crippen molar-refractivity contribution in [3.63, 3.8) is 0 Å². The quantitative estimate of drug-likeness (QED) is 0.444. The summed E-state index contributed by atoms with van der Waals surface area (Å²) in [6, 6.07) is 0. The van der Waals surface area contributed by atoms with Gasteiger partial charge in [0.15, 0.2) is 0 Å². The smallest absolute Gasteiger partial charge is 0 e. The normalized spacial score (nSPS) is 16.3. The topological polar surface area (TPSA) is 0 Å². The third-order valence-corrected chi connectivity index (χ3v) is 2.15. The van der Waals surface area contributed by atoms with Crippen LogP contribution in [0.5, 0.6) is 0 Å². The molecule has 0 spiro atoms. The Morgan fingerprint density at radius 3 is 1.57 bits per heavy atom. The summed E-state index contributed by atoms with van der Waals surface area (Å²) >= 11 is 0. The van der Waals surface area contributed by atoms with Crippen LogP contribution in [-0.4, -0.2) is 0 Å². The fraction of sp³-hybridized carbons (Fsp3) is 0.273. The minimum Gasteiger partial charge on any atom is -1.00 e. The summed E-state index contributed by atoms with van der Waals surface area (Å²) < 4.78 is 0. The molecule has 0 amide bonds.